The Morgan fingerprint density at radius 1 is 0.944 bits per heavy atom. The fraction of sp³-hybridized carbons (Fsp3) is 0. The van der Waals surface area contributed by atoms with Crippen molar-refractivity contribution in [3.63, 3.8) is 0 Å². The predicted octanol–water partition coefficient (Wildman–Crippen LogP) is 1.92. The molecule has 0 aliphatic rings. The van der Waals surface area contributed by atoms with Gasteiger partial charge in [-0.1, -0.05) is 0 Å². The SMILES string of the molecule is NNc1cc(Nc2c(F)cc(F)cc2F)ncn1. The number of hydrazine groups is 1. The van der Waals surface area contributed by atoms with Gasteiger partial charge in [-0.2, -0.15) is 0 Å². The maximum Gasteiger partial charge on any atom is 0.152 e. The van der Waals surface area contributed by atoms with Crippen LogP contribution in [-0.2, 0) is 0 Å². The van der Waals surface area contributed by atoms with Gasteiger partial charge in [-0.3, -0.25) is 0 Å². The highest BCUT2D eigenvalue weighted by atomic mass is 19.1. The van der Waals surface area contributed by atoms with E-state index in [0.29, 0.717) is 12.1 Å². The van der Waals surface area contributed by atoms with Gasteiger partial charge in [-0.25, -0.2) is 29.0 Å². The Morgan fingerprint density at radius 2 is 1.56 bits per heavy atom. The lowest BCUT2D eigenvalue weighted by Gasteiger charge is -2.08. The van der Waals surface area contributed by atoms with Crippen LogP contribution in [0, 0.1) is 17.5 Å². The summed E-state index contributed by atoms with van der Waals surface area (Å²) in [6, 6.07) is 2.46. The van der Waals surface area contributed by atoms with Crippen molar-refractivity contribution in [3.05, 3.63) is 42.0 Å². The summed E-state index contributed by atoms with van der Waals surface area (Å²) in [5, 5.41) is 2.38. The number of halogens is 3. The molecule has 0 spiro atoms. The van der Waals surface area contributed by atoms with Crippen LogP contribution in [0.4, 0.5) is 30.5 Å². The van der Waals surface area contributed by atoms with Gasteiger partial charge in [0.1, 0.15) is 29.5 Å². The Labute approximate surface area is 99.8 Å². The number of hydrogen-bond acceptors (Lipinski definition) is 5. The van der Waals surface area contributed by atoms with Crippen LogP contribution in [0.2, 0.25) is 0 Å². The van der Waals surface area contributed by atoms with Crippen LogP contribution in [-0.4, -0.2) is 9.97 Å². The molecule has 0 aliphatic carbocycles. The van der Waals surface area contributed by atoms with Gasteiger partial charge in [0.15, 0.2) is 11.6 Å². The van der Waals surface area contributed by atoms with E-state index in [0.717, 1.165) is 6.33 Å². The fourth-order valence-electron chi connectivity index (χ4n) is 1.29. The first-order chi connectivity index (χ1) is 8.60. The molecule has 1 aromatic carbocycles. The first-order valence-electron chi connectivity index (χ1n) is 4.80. The second-order valence-electron chi connectivity index (χ2n) is 3.30. The lowest BCUT2D eigenvalue weighted by molar-refractivity contribution is 0.549. The van der Waals surface area contributed by atoms with Gasteiger partial charge in [0.25, 0.3) is 0 Å². The van der Waals surface area contributed by atoms with Gasteiger partial charge in [0, 0.05) is 18.2 Å². The molecule has 5 nitrogen and oxygen atoms in total. The molecule has 1 aromatic heterocycles. The van der Waals surface area contributed by atoms with Gasteiger partial charge in [-0.15, -0.1) is 0 Å². The van der Waals surface area contributed by atoms with Crippen LogP contribution >= 0.6 is 0 Å². The van der Waals surface area contributed by atoms with Gasteiger partial charge in [0.05, 0.1) is 0 Å². The summed E-state index contributed by atoms with van der Waals surface area (Å²) in [4.78, 5) is 7.47. The molecule has 0 saturated carbocycles. The Morgan fingerprint density at radius 3 is 2.17 bits per heavy atom. The highest BCUT2D eigenvalue weighted by molar-refractivity contribution is 5.59. The van der Waals surface area contributed by atoms with Gasteiger partial charge >= 0.3 is 0 Å². The normalized spacial score (nSPS) is 10.2. The number of rotatable bonds is 3. The molecule has 0 unspecified atom stereocenters. The van der Waals surface area contributed by atoms with E-state index in [1.807, 2.05) is 0 Å². The van der Waals surface area contributed by atoms with Crippen molar-refractivity contribution in [2.24, 2.45) is 5.84 Å². The van der Waals surface area contributed by atoms with E-state index in [1.165, 1.54) is 6.07 Å². The summed E-state index contributed by atoms with van der Waals surface area (Å²) >= 11 is 0. The third kappa shape index (κ3) is 2.48. The topological polar surface area (TPSA) is 75.9 Å². The van der Waals surface area contributed by atoms with Crippen molar-refractivity contribution in [3.8, 4) is 0 Å². The van der Waals surface area contributed by atoms with Crippen molar-refractivity contribution in [2.45, 2.75) is 0 Å². The number of hydrogen-bond donors (Lipinski definition) is 3. The Balaban J connectivity index is 2.33. The van der Waals surface area contributed by atoms with E-state index in [9.17, 15) is 13.2 Å². The third-order valence-electron chi connectivity index (χ3n) is 2.07. The van der Waals surface area contributed by atoms with Crippen molar-refractivity contribution in [2.75, 3.05) is 10.7 Å². The lowest BCUT2D eigenvalue weighted by atomic mass is 10.2. The molecule has 0 fully saturated rings. The van der Waals surface area contributed by atoms with Crippen LogP contribution in [0.25, 0.3) is 0 Å². The number of nitrogen functional groups attached to an aromatic ring is 1. The summed E-state index contributed by atoms with van der Waals surface area (Å²) in [5.74, 6) is 2.38. The average Bonchev–Trinajstić information content (AvgIpc) is 2.34. The predicted molar refractivity (Wildman–Crippen MR) is 59.4 cm³/mol. The van der Waals surface area contributed by atoms with Crippen molar-refractivity contribution in [1.82, 2.24) is 9.97 Å². The minimum atomic E-state index is -1.06. The molecule has 0 aliphatic heterocycles. The molecule has 94 valence electrons. The zero-order valence-corrected chi connectivity index (χ0v) is 8.92. The number of anilines is 3. The highest BCUT2D eigenvalue weighted by Crippen LogP contribution is 2.23. The Hall–Kier alpha value is -2.35. The zero-order chi connectivity index (χ0) is 13.1. The second kappa shape index (κ2) is 4.88. The summed E-state index contributed by atoms with van der Waals surface area (Å²) in [7, 11) is 0. The highest BCUT2D eigenvalue weighted by Gasteiger charge is 2.12. The maximum absolute atomic E-state index is 13.4. The second-order valence-corrected chi connectivity index (χ2v) is 3.30. The molecule has 2 rings (SSSR count). The summed E-state index contributed by atoms with van der Waals surface area (Å²) in [6.07, 6.45) is 1.15. The fourth-order valence-corrected chi connectivity index (χ4v) is 1.29. The average molecular weight is 255 g/mol. The molecule has 0 bridgehead atoms. The lowest BCUT2D eigenvalue weighted by Crippen LogP contribution is -2.09. The molecule has 0 saturated heterocycles. The monoisotopic (exact) mass is 255 g/mol. The van der Waals surface area contributed by atoms with Crippen LogP contribution in [0.1, 0.15) is 0 Å². The van der Waals surface area contributed by atoms with Gasteiger partial charge < -0.3 is 10.7 Å². The number of aromatic nitrogens is 2. The van der Waals surface area contributed by atoms with E-state index in [4.69, 9.17) is 5.84 Å². The molecule has 4 N–H and O–H groups in total. The third-order valence-corrected chi connectivity index (χ3v) is 2.07. The van der Waals surface area contributed by atoms with Crippen molar-refractivity contribution >= 4 is 17.3 Å². The van der Waals surface area contributed by atoms with Crippen LogP contribution < -0.4 is 16.6 Å². The van der Waals surface area contributed by atoms with Crippen molar-refractivity contribution < 1.29 is 13.2 Å². The number of nitrogens with two attached hydrogens (primary N) is 1. The summed E-state index contributed by atoms with van der Waals surface area (Å²) < 4.78 is 39.4. The number of benzene rings is 1. The molecular formula is C10H8F3N5. The first kappa shape index (κ1) is 12.1. The van der Waals surface area contributed by atoms with Crippen molar-refractivity contribution in [1.29, 1.82) is 0 Å². The van der Waals surface area contributed by atoms with Gasteiger partial charge in [-0.05, 0) is 0 Å². The summed E-state index contributed by atoms with van der Waals surface area (Å²) in [6.45, 7) is 0. The molecule has 18 heavy (non-hydrogen) atoms. The summed E-state index contributed by atoms with van der Waals surface area (Å²) in [5.41, 5.74) is 1.75. The van der Waals surface area contributed by atoms with Gasteiger partial charge in [0.2, 0.25) is 0 Å². The molecule has 1 heterocycles. The first-order valence-corrected chi connectivity index (χ1v) is 4.80. The molecule has 0 radical (unpaired) electrons. The maximum atomic E-state index is 13.4. The van der Waals surface area contributed by atoms with E-state index in [-0.39, 0.29) is 11.6 Å². The number of nitrogens with zero attached hydrogens (tertiary/aromatic N) is 2. The standard InChI is InChI=1S/C10H8F3N5/c11-5-1-6(12)10(7(13)2-5)17-8-3-9(18-14)16-4-15-8/h1-4H,14H2,(H2,15,16,17,18). The van der Waals surface area contributed by atoms with E-state index in [2.05, 4.69) is 20.7 Å². The molecule has 0 amide bonds. The molecule has 8 heteroatoms. The van der Waals surface area contributed by atoms with Crippen LogP contribution in [0.3, 0.4) is 0 Å². The van der Waals surface area contributed by atoms with Crippen LogP contribution in [0.15, 0.2) is 24.5 Å². The Kier molecular flexibility index (Phi) is 3.28. The van der Waals surface area contributed by atoms with E-state index in [1.54, 1.807) is 0 Å². The molecular weight excluding hydrogens is 247 g/mol. The minimum absolute atomic E-state index is 0.113. The van der Waals surface area contributed by atoms with E-state index < -0.39 is 23.1 Å². The van der Waals surface area contributed by atoms with Crippen LogP contribution in [0.5, 0.6) is 0 Å². The molecule has 2 aromatic rings. The number of nitrogens with one attached hydrogen (secondary N) is 2. The minimum Gasteiger partial charge on any atom is -0.335 e. The largest absolute Gasteiger partial charge is 0.335 e. The Bertz CT molecular complexity index is 552. The smallest absolute Gasteiger partial charge is 0.152 e. The molecule has 0 atom stereocenters. The zero-order valence-electron chi connectivity index (χ0n) is 8.92. The van der Waals surface area contributed by atoms with E-state index >= 15 is 0 Å². The quantitative estimate of drug-likeness (QED) is 0.577.